The molecule has 3 nitrogen and oxygen atoms in total. The zero-order valence-corrected chi connectivity index (χ0v) is 16.1. The molecule has 0 aromatic heterocycles. The van der Waals surface area contributed by atoms with Gasteiger partial charge in [-0.2, -0.15) is 0 Å². The van der Waals surface area contributed by atoms with E-state index in [9.17, 15) is 9.90 Å². The Morgan fingerprint density at radius 1 is 0.893 bits per heavy atom. The second-order valence-electron chi connectivity index (χ2n) is 6.93. The van der Waals surface area contributed by atoms with E-state index in [2.05, 4.69) is 6.58 Å². The first-order valence-corrected chi connectivity index (χ1v) is 9.15. The molecule has 3 aromatic rings. The van der Waals surface area contributed by atoms with Crippen molar-refractivity contribution >= 4 is 11.4 Å². The van der Waals surface area contributed by atoms with Crippen LogP contribution in [0.2, 0.25) is 0 Å². The molecule has 0 saturated carbocycles. The van der Waals surface area contributed by atoms with Crippen molar-refractivity contribution in [3.8, 4) is 5.75 Å². The van der Waals surface area contributed by atoms with E-state index < -0.39 is 11.5 Å². The molecule has 0 fully saturated rings. The molecular formula is C25H24O3. The topological polar surface area (TPSA) is 46.5 Å². The van der Waals surface area contributed by atoms with Crippen molar-refractivity contribution in [3.05, 3.63) is 108 Å². The molecule has 0 aliphatic carbocycles. The Kier molecular flexibility index (Phi) is 5.76. The van der Waals surface area contributed by atoms with Gasteiger partial charge in [0.2, 0.25) is 0 Å². The van der Waals surface area contributed by atoms with E-state index in [0.29, 0.717) is 16.7 Å². The van der Waals surface area contributed by atoms with Gasteiger partial charge < -0.3 is 9.84 Å². The van der Waals surface area contributed by atoms with Crippen LogP contribution < -0.4 is 4.74 Å². The lowest BCUT2D eigenvalue weighted by Crippen LogP contribution is -2.38. The Morgan fingerprint density at radius 3 is 1.96 bits per heavy atom. The van der Waals surface area contributed by atoms with Gasteiger partial charge in [-0.1, -0.05) is 79.4 Å². The minimum Gasteiger partial charge on any atom is -0.497 e. The number of hydrogen-bond donors (Lipinski definition) is 1. The first-order valence-electron chi connectivity index (χ1n) is 9.15. The Morgan fingerprint density at radius 2 is 1.43 bits per heavy atom. The van der Waals surface area contributed by atoms with E-state index in [1.165, 1.54) is 0 Å². The largest absolute Gasteiger partial charge is 0.497 e. The standard InChI is InChI=1S/C25H24O3/c1-18(19-14-16-22(28-3)17-15-19)23(24(26)20-10-6-4-7-11-20)25(2,27)21-12-8-5-9-13-21/h4-17,23,27H,1H2,2-3H3/t23-,25-/m0/s1. The summed E-state index contributed by atoms with van der Waals surface area (Å²) in [4.78, 5) is 13.5. The van der Waals surface area contributed by atoms with Gasteiger partial charge in [0.15, 0.2) is 5.78 Å². The fraction of sp³-hybridized carbons (Fsp3) is 0.160. The summed E-state index contributed by atoms with van der Waals surface area (Å²) in [6.07, 6.45) is 0. The van der Waals surface area contributed by atoms with Crippen LogP contribution in [-0.4, -0.2) is 18.0 Å². The van der Waals surface area contributed by atoms with E-state index in [1.807, 2.05) is 72.8 Å². The monoisotopic (exact) mass is 372 g/mol. The molecule has 28 heavy (non-hydrogen) atoms. The molecule has 0 saturated heterocycles. The highest BCUT2D eigenvalue weighted by Gasteiger charge is 2.41. The molecule has 3 rings (SSSR count). The highest BCUT2D eigenvalue weighted by atomic mass is 16.5. The van der Waals surface area contributed by atoms with Crippen LogP contribution in [0.25, 0.3) is 5.57 Å². The molecule has 0 radical (unpaired) electrons. The second-order valence-corrected chi connectivity index (χ2v) is 6.93. The molecule has 142 valence electrons. The maximum Gasteiger partial charge on any atom is 0.173 e. The summed E-state index contributed by atoms with van der Waals surface area (Å²) in [7, 11) is 1.60. The summed E-state index contributed by atoms with van der Waals surface area (Å²) in [5.41, 5.74) is 1.12. The number of aliphatic hydroxyl groups is 1. The lowest BCUT2D eigenvalue weighted by molar-refractivity contribution is 0.0194. The summed E-state index contributed by atoms with van der Waals surface area (Å²) >= 11 is 0. The summed E-state index contributed by atoms with van der Waals surface area (Å²) in [5, 5.41) is 11.5. The van der Waals surface area contributed by atoms with E-state index in [-0.39, 0.29) is 5.78 Å². The van der Waals surface area contributed by atoms with Crippen LogP contribution in [0.15, 0.2) is 91.5 Å². The van der Waals surface area contributed by atoms with Crippen LogP contribution in [0.1, 0.15) is 28.4 Å². The quantitative estimate of drug-likeness (QED) is 0.586. The summed E-state index contributed by atoms with van der Waals surface area (Å²) in [5.74, 6) is -0.293. The number of rotatable bonds is 7. The minimum atomic E-state index is -1.43. The van der Waals surface area contributed by atoms with Gasteiger partial charge in [0, 0.05) is 5.56 Å². The van der Waals surface area contributed by atoms with Crippen molar-refractivity contribution in [2.75, 3.05) is 7.11 Å². The summed E-state index contributed by atoms with van der Waals surface area (Å²) in [6.45, 7) is 5.87. The van der Waals surface area contributed by atoms with Gasteiger partial charge in [-0.3, -0.25) is 4.79 Å². The maximum absolute atomic E-state index is 13.5. The minimum absolute atomic E-state index is 0.171. The Labute approximate surface area is 165 Å². The lowest BCUT2D eigenvalue weighted by atomic mass is 9.73. The fourth-order valence-electron chi connectivity index (χ4n) is 3.44. The molecule has 0 aliphatic heterocycles. The number of ether oxygens (including phenoxy) is 1. The first-order chi connectivity index (χ1) is 13.4. The van der Waals surface area contributed by atoms with Gasteiger partial charge in [0.1, 0.15) is 11.4 Å². The molecule has 1 N–H and O–H groups in total. The third kappa shape index (κ3) is 3.90. The first kappa shape index (κ1) is 19.6. The highest BCUT2D eigenvalue weighted by Crippen LogP contribution is 2.40. The summed E-state index contributed by atoms with van der Waals surface area (Å²) < 4.78 is 5.22. The molecule has 3 aromatic carbocycles. The molecule has 3 heteroatoms. The predicted molar refractivity (Wildman–Crippen MR) is 112 cm³/mol. The number of hydrogen-bond acceptors (Lipinski definition) is 3. The smallest absolute Gasteiger partial charge is 0.173 e. The second kappa shape index (κ2) is 8.24. The van der Waals surface area contributed by atoms with Gasteiger partial charge in [0.05, 0.1) is 13.0 Å². The van der Waals surface area contributed by atoms with Crippen molar-refractivity contribution in [3.63, 3.8) is 0 Å². The number of carbonyl (C=O) groups is 1. The third-order valence-corrected chi connectivity index (χ3v) is 5.05. The maximum atomic E-state index is 13.5. The van der Waals surface area contributed by atoms with E-state index in [1.54, 1.807) is 26.2 Å². The Hall–Kier alpha value is -3.17. The summed E-state index contributed by atoms with van der Waals surface area (Å²) in [6, 6.07) is 25.6. The third-order valence-electron chi connectivity index (χ3n) is 5.05. The molecule has 0 spiro atoms. The number of ketones is 1. The zero-order valence-electron chi connectivity index (χ0n) is 16.1. The zero-order chi connectivity index (χ0) is 20.1. The molecule has 0 aliphatic rings. The van der Waals surface area contributed by atoms with Crippen LogP contribution in [0.4, 0.5) is 0 Å². The van der Waals surface area contributed by atoms with Crippen molar-refractivity contribution < 1.29 is 14.6 Å². The van der Waals surface area contributed by atoms with Crippen LogP contribution >= 0.6 is 0 Å². The normalized spacial score (nSPS) is 14.0. The van der Waals surface area contributed by atoms with Crippen molar-refractivity contribution in [2.24, 2.45) is 5.92 Å². The average Bonchev–Trinajstić information content (AvgIpc) is 2.75. The molecule has 0 bridgehead atoms. The average molecular weight is 372 g/mol. The molecular weight excluding hydrogens is 348 g/mol. The Bertz CT molecular complexity index is 942. The molecule has 0 heterocycles. The van der Waals surface area contributed by atoms with Crippen LogP contribution in [0.5, 0.6) is 5.75 Å². The van der Waals surface area contributed by atoms with Crippen molar-refractivity contribution in [1.29, 1.82) is 0 Å². The number of carbonyl (C=O) groups excluding carboxylic acids is 1. The van der Waals surface area contributed by atoms with E-state index in [0.717, 1.165) is 11.3 Å². The van der Waals surface area contributed by atoms with Gasteiger partial charge in [-0.05, 0) is 35.8 Å². The van der Waals surface area contributed by atoms with Crippen molar-refractivity contribution in [1.82, 2.24) is 0 Å². The van der Waals surface area contributed by atoms with Crippen molar-refractivity contribution in [2.45, 2.75) is 12.5 Å². The predicted octanol–water partition coefficient (Wildman–Crippen LogP) is 5.12. The molecule has 0 amide bonds. The number of Topliss-reactive ketones (excluding diaryl/α,β-unsaturated/α-hetero) is 1. The fourth-order valence-corrected chi connectivity index (χ4v) is 3.44. The van der Waals surface area contributed by atoms with Gasteiger partial charge in [-0.25, -0.2) is 0 Å². The van der Waals surface area contributed by atoms with Gasteiger partial charge >= 0.3 is 0 Å². The highest BCUT2D eigenvalue weighted by molar-refractivity contribution is 6.05. The van der Waals surface area contributed by atoms with Crippen LogP contribution in [-0.2, 0) is 5.60 Å². The van der Waals surface area contributed by atoms with E-state index in [4.69, 9.17) is 4.74 Å². The number of benzene rings is 3. The van der Waals surface area contributed by atoms with Gasteiger partial charge in [-0.15, -0.1) is 0 Å². The molecule has 2 atom stereocenters. The lowest BCUT2D eigenvalue weighted by Gasteiger charge is -2.34. The van der Waals surface area contributed by atoms with Crippen LogP contribution in [0, 0.1) is 5.92 Å². The Balaban J connectivity index is 2.08. The van der Waals surface area contributed by atoms with Gasteiger partial charge in [0.25, 0.3) is 0 Å². The SMILES string of the molecule is C=C(c1ccc(OC)cc1)[C@@H](C(=O)c1ccccc1)[C@@](C)(O)c1ccccc1. The van der Waals surface area contributed by atoms with E-state index >= 15 is 0 Å². The van der Waals surface area contributed by atoms with Crippen LogP contribution in [0.3, 0.4) is 0 Å². The number of methoxy groups -OCH3 is 1. The molecule has 0 unspecified atom stereocenters.